The molecule has 2 nitrogen and oxygen atoms in total. The molecule has 0 fully saturated rings. The number of hydrogen-bond acceptors (Lipinski definition) is 3. The second-order valence-electron chi connectivity index (χ2n) is 6.45. The van der Waals surface area contributed by atoms with E-state index in [1.807, 2.05) is 73.7 Å². The van der Waals surface area contributed by atoms with Gasteiger partial charge in [-0.2, -0.15) is 0 Å². The quantitative estimate of drug-likeness (QED) is 0.454. The third kappa shape index (κ3) is 5.61. The van der Waals surface area contributed by atoms with Crippen molar-refractivity contribution in [2.24, 2.45) is 0 Å². The Labute approximate surface area is 170 Å². The van der Waals surface area contributed by atoms with Crippen molar-refractivity contribution in [2.75, 3.05) is 5.75 Å². The normalized spacial score (nSPS) is 12.7. The molecule has 27 heavy (non-hydrogen) atoms. The second-order valence-corrected chi connectivity index (χ2v) is 10.2. The topological polar surface area (TPSA) is 34.1 Å². The highest BCUT2D eigenvalue weighted by Crippen LogP contribution is 2.33. The lowest BCUT2D eigenvalue weighted by Crippen LogP contribution is -2.21. The summed E-state index contributed by atoms with van der Waals surface area (Å²) in [5.74, 6) is 0.0564. The van der Waals surface area contributed by atoms with E-state index in [2.05, 4.69) is 0 Å². The van der Waals surface area contributed by atoms with Crippen LogP contribution in [0.1, 0.15) is 11.1 Å². The minimum absolute atomic E-state index is 0.0564. The van der Waals surface area contributed by atoms with Crippen LogP contribution in [-0.2, 0) is 16.3 Å². The van der Waals surface area contributed by atoms with Crippen molar-refractivity contribution in [3.8, 4) is 0 Å². The van der Waals surface area contributed by atoms with E-state index in [0.29, 0.717) is 16.3 Å². The molecule has 0 bridgehead atoms. The first kappa shape index (κ1) is 20.0. The van der Waals surface area contributed by atoms with Gasteiger partial charge in [0, 0.05) is 10.1 Å². The summed E-state index contributed by atoms with van der Waals surface area (Å²) in [4.78, 5) is 1.27. The first-order valence-electron chi connectivity index (χ1n) is 8.68. The molecule has 3 aromatic rings. The molecule has 1 unspecified atom stereocenters. The molecule has 0 saturated heterocycles. The number of hydrogen-bond donors (Lipinski definition) is 0. The standard InChI is InChI=1S/C22H21ClO2S2/c1-17-11-13-20(14-12-17)27(24,25)16-19(15-18-7-3-2-4-8-18)26-22-10-6-5-9-21(22)23/h2-14,19H,15-16H2,1H3. The molecule has 0 aliphatic rings. The molecule has 0 aliphatic carbocycles. The van der Waals surface area contributed by atoms with Gasteiger partial charge in [-0.3, -0.25) is 0 Å². The fourth-order valence-corrected chi connectivity index (χ4v) is 6.22. The Bertz CT molecular complexity index is 984. The third-order valence-electron chi connectivity index (χ3n) is 4.22. The predicted molar refractivity (Wildman–Crippen MR) is 114 cm³/mol. The van der Waals surface area contributed by atoms with Crippen LogP contribution in [0.5, 0.6) is 0 Å². The van der Waals surface area contributed by atoms with Crippen molar-refractivity contribution in [2.45, 2.75) is 28.4 Å². The van der Waals surface area contributed by atoms with Gasteiger partial charge >= 0.3 is 0 Å². The maximum atomic E-state index is 13.0. The van der Waals surface area contributed by atoms with E-state index in [-0.39, 0.29) is 11.0 Å². The summed E-state index contributed by atoms with van der Waals surface area (Å²) < 4.78 is 25.9. The third-order valence-corrected chi connectivity index (χ3v) is 7.98. The molecule has 0 radical (unpaired) electrons. The largest absolute Gasteiger partial charge is 0.224 e. The molecule has 1 atom stereocenters. The van der Waals surface area contributed by atoms with E-state index in [4.69, 9.17) is 11.6 Å². The number of thioether (sulfide) groups is 1. The Morgan fingerprint density at radius 2 is 1.52 bits per heavy atom. The maximum Gasteiger partial charge on any atom is 0.179 e. The zero-order valence-electron chi connectivity index (χ0n) is 15.0. The van der Waals surface area contributed by atoms with Gasteiger partial charge in [-0.05, 0) is 43.2 Å². The summed E-state index contributed by atoms with van der Waals surface area (Å²) in [6.45, 7) is 1.95. The van der Waals surface area contributed by atoms with Crippen LogP contribution in [0, 0.1) is 6.92 Å². The molecule has 0 amide bonds. The van der Waals surface area contributed by atoms with E-state index in [0.717, 1.165) is 16.0 Å². The van der Waals surface area contributed by atoms with Gasteiger partial charge < -0.3 is 0 Å². The molecule has 0 heterocycles. The predicted octanol–water partition coefficient (Wildman–Crippen LogP) is 5.83. The minimum Gasteiger partial charge on any atom is -0.224 e. The maximum absolute atomic E-state index is 13.0. The molecule has 3 rings (SSSR count). The molecular weight excluding hydrogens is 396 g/mol. The van der Waals surface area contributed by atoms with Gasteiger partial charge in [0.15, 0.2) is 9.84 Å². The molecular formula is C22H21ClO2S2. The number of aryl methyl sites for hydroxylation is 1. The van der Waals surface area contributed by atoms with Gasteiger partial charge in [-0.1, -0.05) is 71.8 Å². The summed E-state index contributed by atoms with van der Waals surface area (Å²) in [5.41, 5.74) is 2.15. The summed E-state index contributed by atoms with van der Waals surface area (Å²) in [7, 11) is -3.39. The van der Waals surface area contributed by atoms with Crippen LogP contribution in [-0.4, -0.2) is 19.4 Å². The molecule has 0 aromatic heterocycles. The number of sulfone groups is 1. The van der Waals surface area contributed by atoms with Crippen molar-refractivity contribution in [3.63, 3.8) is 0 Å². The lowest BCUT2D eigenvalue weighted by Gasteiger charge is -2.18. The van der Waals surface area contributed by atoms with Crippen LogP contribution in [0.2, 0.25) is 5.02 Å². The fourth-order valence-electron chi connectivity index (χ4n) is 2.82. The average molecular weight is 417 g/mol. The van der Waals surface area contributed by atoms with Crippen molar-refractivity contribution in [3.05, 3.63) is 95.0 Å². The molecule has 0 spiro atoms. The molecule has 140 valence electrons. The van der Waals surface area contributed by atoms with Crippen LogP contribution in [0.3, 0.4) is 0 Å². The highest BCUT2D eigenvalue weighted by atomic mass is 35.5. The summed E-state index contributed by atoms with van der Waals surface area (Å²) in [5, 5.41) is 0.506. The van der Waals surface area contributed by atoms with E-state index in [1.165, 1.54) is 11.8 Å². The number of halogens is 1. The van der Waals surface area contributed by atoms with Crippen molar-refractivity contribution in [1.82, 2.24) is 0 Å². The van der Waals surface area contributed by atoms with E-state index >= 15 is 0 Å². The Hall–Kier alpha value is -1.75. The average Bonchev–Trinajstić information content (AvgIpc) is 2.64. The smallest absolute Gasteiger partial charge is 0.179 e. The van der Waals surface area contributed by atoms with Crippen molar-refractivity contribution < 1.29 is 8.42 Å². The molecule has 3 aromatic carbocycles. The SMILES string of the molecule is Cc1ccc(S(=O)(=O)CC(Cc2ccccc2)Sc2ccccc2Cl)cc1. The lowest BCUT2D eigenvalue weighted by molar-refractivity contribution is 0.594. The van der Waals surface area contributed by atoms with E-state index in [9.17, 15) is 8.42 Å². The van der Waals surface area contributed by atoms with Gasteiger partial charge in [-0.15, -0.1) is 11.8 Å². The van der Waals surface area contributed by atoms with E-state index in [1.54, 1.807) is 12.1 Å². The van der Waals surface area contributed by atoms with Crippen LogP contribution in [0.15, 0.2) is 88.7 Å². The highest BCUT2D eigenvalue weighted by Gasteiger charge is 2.23. The Balaban J connectivity index is 1.86. The van der Waals surface area contributed by atoms with Crippen molar-refractivity contribution in [1.29, 1.82) is 0 Å². The Morgan fingerprint density at radius 3 is 2.19 bits per heavy atom. The summed E-state index contributed by atoms with van der Waals surface area (Å²) in [6.07, 6.45) is 0.655. The van der Waals surface area contributed by atoms with Crippen LogP contribution >= 0.6 is 23.4 Å². The molecule has 5 heteroatoms. The summed E-state index contributed by atoms with van der Waals surface area (Å²) in [6, 6.07) is 24.6. The Morgan fingerprint density at radius 1 is 0.889 bits per heavy atom. The lowest BCUT2D eigenvalue weighted by atomic mass is 10.1. The molecule has 0 aliphatic heterocycles. The van der Waals surface area contributed by atoms with Crippen molar-refractivity contribution >= 4 is 33.2 Å². The van der Waals surface area contributed by atoms with Crippen LogP contribution in [0.4, 0.5) is 0 Å². The molecule has 0 saturated carbocycles. The number of benzene rings is 3. The van der Waals surface area contributed by atoms with Gasteiger partial charge in [0.25, 0.3) is 0 Å². The second kappa shape index (κ2) is 8.96. The molecule has 0 N–H and O–H groups in total. The highest BCUT2D eigenvalue weighted by molar-refractivity contribution is 8.01. The van der Waals surface area contributed by atoms with Crippen LogP contribution < -0.4 is 0 Å². The Kier molecular flexibility index (Phi) is 6.64. The fraction of sp³-hybridized carbons (Fsp3) is 0.182. The van der Waals surface area contributed by atoms with Gasteiger partial charge in [0.05, 0.1) is 15.7 Å². The van der Waals surface area contributed by atoms with Gasteiger partial charge in [0.1, 0.15) is 0 Å². The van der Waals surface area contributed by atoms with E-state index < -0.39 is 9.84 Å². The monoisotopic (exact) mass is 416 g/mol. The van der Waals surface area contributed by atoms with Gasteiger partial charge in [0.2, 0.25) is 0 Å². The minimum atomic E-state index is -3.39. The number of rotatable bonds is 7. The zero-order chi connectivity index (χ0) is 19.3. The zero-order valence-corrected chi connectivity index (χ0v) is 17.4. The first-order chi connectivity index (χ1) is 12.9. The van der Waals surface area contributed by atoms with Crippen LogP contribution in [0.25, 0.3) is 0 Å². The van der Waals surface area contributed by atoms with Gasteiger partial charge in [-0.25, -0.2) is 8.42 Å². The summed E-state index contributed by atoms with van der Waals surface area (Å²) >= 11 is 7.83. The first-order valence-corrected chi connectivity index (χ1v) is 11.6.